The molecule has 3 aliphatic rings. The van der Waals surface area contributed by atoms with Crippen LogP contribution >= 0.6 is 17.6 Å². The van der Waals surface area contributed by atoms with E-state index in [0.717, 1.165) is 0 Å². The average Bonchev–Trinajstić information content (AvgIpc) is 2.54. The smallest absolute Gasteiger partial charge is 0.335 e. The summed E-state index contributed by atoms with van der Waals surface area (Å²) < 4.78 is 16.7. The monoisotopic (exact) mass is 368 g/mol. The predicted molar refractivity (Wildman–Crippen MR) is 78.5 cm³/mol. The zero-order chi connectivity index (χ0) is 16.7. The van der Waals surface area contributed by atoms with Crippen molar-refractivity contribution in [2.45, 2.75) is 48.9 Å². The number of hydrogen-bond donors (Lipinski definition) is 4. The van der Waals surface area contributed by atoms with Gasteiger partial charge in [-0.1, -0.05) is 0 Å². The lowest BCUT2D eigenvalue weighted by atomic mass is 9.72. The number of carboxylic acids is 2. The molecule has 3 aliphatic heterocycles. The molecule has 3 saturated heterocycles. The van der Waals surface area contributed by atoms with Crippen LogP contribution in [0.25, 0.3) is 0 Å². The topological polar surface area (TPSA) is 143 Å². The molecule has 9 nitrogen and oxygen atoms in total. The van der Waals surface area contributed by atoms with Crippen molar-refractivity contribution in [2.24, 2.45) is 11.8 Å². The summed E-state index contributed by atoms with van der Waals surface area (Å²) in [5.74, 6) is -4.22. The van der Waals surface area contributed by atoms with Crippen molar-refractivity contribution in [1.29, 1.82) is 0 Å². The highest BCUT2D eigenvalue weighted by atomic mass is 31.1. The molecule has 0 amide bonds. The third kappa shape index (κ3) is 3.12. The molecule has 23 heavy (non-hydrogen) atoms. The minimum absolute atomic E-state index is 0.164. The van der Waals surface area contributed by atoms with E-state index in [2.05, 4.69) is 0 Å². The van der Waals surface area contributed by atoms with Crippen molar-refractivity contribution in [3.8, 4) is 0 Å². The number of ether oxygens (including phenoxy) is 3. The van der Waals surface area contributed by atoms with E-state index in [-0.39, 0.29) is 18.3 Å². The number of rotatable bonds is 4. The Hall–Kier alpha value is -0.400. The normalized spacial score (nSPS) is 47.0. The molecule has 0 bridgehead atoms. The van der Waals surface area contributed by atoms with Gasteiger partial charge >= 0.3 is 11.9 Å². The molecule has 4 N–H and O–H groups in total. The third-order valence-electron chi connectivity index (χ3n) is 4.66. The van der Waals surface area contributed by atoms with Crippen LogP contribution in [-0.4, -0.2) is 68.0 Å². The maximum atomic E-state index is 11.5. The lowest BCUT2D eigenvalue weighted by molar-refractivity contribution is -0.272. The minimum atomic E-state index is -1.35. The van der Waals surface area contributed by atoms with Gasteiger partial charge in [-0.3, -0.25) is 0 Å². The first kappa shape index (κ1) is 17.4. The van der Waals surface area contributed by atoms with Gasteiger partial charge in [0.15, 0.2) is 12.2 Å². The first-order chi connectivity index (χ1) is 11.0. The summed E-state index contributed by atoms with van der Waals surface area (Å²) in [6, 6.07) is 0. The Morgan fingerprint density at radius 2 is 1.65 bits per heavy atom. The second kappa shape index (κ2) is 6.84. The van der Waals surface area contributed by atoms with Gasteiger partial charge < -0.3 is 34.2 Å². The predicted octanol–water partition coefficient (Wildman–Crippen LogP) is -0.443. The van der Waals surface area contributed by atoms with Crippen LogP contribution in [0.2, 0.25) is 0 Å². The Morgan fingerprint density at radius 3 is 2.22 bits per heavy atom. The van der Waals surface area contributed by atoms with E-state index >= 15 is 0 Å². The van der Waals surface area contributed by atoms with E-state index in [1.54, 1.807) is 0 Å². The molecule has 10 atom stereocenters. The summed E-state index contributed by atoms with van der Waals surface area (Å²) in [6.45, 7) is 0. The molecule has 0 radical (unpaired) electrons. The third-order valence-corrected chi connectivity index (χ3v) is 6.04. The molecule has 0 saturated carbocycles. The molecular weight excluding hydrogens is 350 g/mol. The van der Waals surface area contributed by atoms with Gasteiger partial charge in [0.1, 0.15) is 11.9 Å². The summed E-state index contributed by atoms with van der Waals surface area (Å²) in [7, 11) is -1.16. The first-order valence-electron chi connectivity index (χ1n) is 7.17. The Kier molecular flexibility index (Phi) is 5.18. The summed E-state index contributed by atoms with van der Waals surface area (Å²) in [4.78, 5) is 41.7. The standard InChI is InChI=1S/C12H18O9P2/c13-10(14)4-1-3-2-5(22-17)20-8-6(3)7(19-4)9(11(15)16)21-12(8)23-18/h3-9,12,17-18,22-23H,1-2H2,(H,13,14)(H,15,16). The second-order valence-corrected chi connectivity index (χ2v) is 7.63. The summed E-state index contributed by atoms with van der Waals surface area (Å²) >= 11 is 0. The Labute approximate surface area is 135 Å². The molecule has 0 spiro atoms. The van der Waals surface area contributed by atoms with Crippen LogP contribution in [0.15, 0.2) is 0 Å². The van der Waals surface area contributed by atoms with E-state index in [0.29, 0.717) is 6.42 Å². The van der Waals surface area contributed by atoms with Crippen LogP contribution in [0.5, 0.6) is 0 Å². The molecule has 0 aromatic carbocycles. The highest BCUT2D eigenvalue weighted by Gasteiger charge is 2.59. The fraction of sp³-hybridized carbons (Fsp3) is 0.833. The van der Waals surface area contributed by atoms with Crippen LogP contribution in [-0.2, 0) is 23.8 Å². The van der Waals surface area contributed by atoms with Crippen molar-refractivity contribution in [1.82, 2.24) is 0 Å². The highest BCUT2D eigenvalue weighted by molar-refractivity contribution is 7.32. The molecular formula is C12H18O9P2. The summed E-state index contributed by atoms with van der Waals surface area (Å²) in [5, 5.41) is 18.6. The van der Waals surface area contributed by atoms with Gasteiger partial charge in [0.25, 0.3) is 0 Å². The molecule has 10 unspecified atom stereocenters. The van der Waals surface area contributed by atoms with Crippen molar-refractivity contribution >= 4 is 29.6 Å². The highest BCUT2D eigenvalue weighted by Crippen LogP contribution is 2.51. The zero-order valence-corrected chi connectivity index (χ0v) is 13.9. The molecule has 11 heteroatoms. The van der Waals surface area contributed by atoms with E-state index in [4.69, 9.17) is 14.2 Å². The molecule has 0 aromatic rings. The van der Waals surface area contributed by atoms with Crippen molar-refractivity contribution < 1.29 is 43.8 Å². The summed E-state index contributed by atoms with van der Waals surface area (Å²) in [6.07, 6.45) is -3.35. The maximum absolute atomic E-state index is 11.5. The van der Waals surface area contributed by atoms with Gasteiger partial charge in [0.2, 0.25) is 0 Å². The van der Waals surface area contributed by atoms with E-state index in [9.17, 15) is 29.6 Å². The molecule has 3 heterocycles. The number of carboxylic acid groups (broad SMARTS) is 2. The SMILES string of the molecule is O=C(O)C1CC2CC(PO)OC3C(PO)OC(C(=O)O)C(O1)C23. The van der Waals surface area contributed by atoms with E-state index < -0.39 is 65.7 Å². The van der Waals surface area contributed by atoms with Gasteiger partial charge in [-0.05, 0) is 18.8 Å². The van der Waals surface area contributed by atoms with Crippen LogP contribution < -0.4 is 0 Å². The van der Waals surface area contributed by atoms with Crippen LogP contribution in [0, 0.1) is 11.8 Å². The van der Waals surface area contributed by atoms with Gasteiger partial charge in [0.05, 0.1) is 11.9 Å². The largest absolute Gasteiger partial charge is 0.479 e. The van der Waals surface area contributed by atoms with Gasteiger partial charge in [-0.2, -0.15) is 0 Å². The molecule has 0 aliphatic carbocycles. The van der Waals surface area contributed by atoms with Crippen LogP contribution in [0.3, 0.4) is 0 Å². The maximum Gasteiger partial charge on any atom is 0.335 e. The summed E-state index contributed by atoms with van der Waals surface area (Å²) in [5.41, 5.74) is 0. The fourth-order valence-electron chi connectivity index (χ4n) is 3.76. The average molecular weight is 368 g/mol. The molecule has 130 valence electrons. The molecule has 3 fully saturated rings. The second-order valence-electron chi connectivity index (χ2n) is 5.90. The van der Waals surface area contributed by atoms with Crippen molar-refractivity contribution in [3.05, 3.63) is 0 Å². The lowest BCUT2D eigenvalue weighted by Gasteiger charge is -2.54. The lowest BCUT2D eigenvalue weighted by Crippen LogP contribution is -2.65. The van der Waals surface area contributed by atoms with Gasteiger partial charge in [-0.25, -0.2) is 9.59 Å². The van der Waals surface area contributed by atoms with E-state index in [1.165, 1.54) is 0 Å². The Bertz CT molecular complexity index is 489. The minimum Gasteiger partial charge on any atom is -0.479 e. The van der Waals surface area contributed by atoms with E-state index in [1.807, 2.05) is 0 Å². The van der Waals surface area contributed by atoms with Gasteiger partial charge in [-0.15, -0.1) is 0 Å². The Balaban J connectivity index is 1.94. The van der Waals surface area contributed by atoms with Crippen LogP contribution in [0.4, 0.5) is 0 Å². The quantitative estimate of drug-likeness (QED) is 0.486. The zero-order valence-electron chi connectivity index (χ0n) is 11.9. The number of hydrogen-bond acceptors (Lipinski definition) is 7. The Morgan fingerprint density at radius 1 is 0.913 bits per heavy atom. The number of aliphatic carboxylic acids is 2. The van der Waals surface area contributed by atoms with Crippen molar-refractivity contribution in [3.63, 3.8) is 0 Å². The van der Waals surface area contributed by atoms with Crippen molar-refractivity contribution in [2.75, 3.05) is 0 Å². The molecule has 0 aromatic heterocycles. The van der Waals surface area contributed by atoms with Crippen LogP contribution in [0.1, 0.15) is 12.8 Å². The first-order valence-corrected chi connectivity index (χ1v) is 9.22. The van der Waals surface area contributed by atoms with Gasteiger partial charge in [0, 0.05) is 23.5 Å². The fourth-order valence-corrected chi connectivity index (χ4v) is 5.04. The number of carbonyl (C=O) groups is 2. The molecule has 3 rings (SSSR count).